The van der Waals surface area contributed by atoms with Crippen molar-refractivity contribution in [3.63, 3.8) is 0 Å². The molecule has 0 aromatic heterocycles. The quantitative estimate of drug-likeness (QED) is 0.547. The minimum Gasteiger partial charge on any atom is -0.392 e. The molecule has 0 radical (unpaired) electrons. The lowest BCUT2D eigenvalue weighted by molar-refractivity contribution is -0.384. The molecule has 7 nitrogen and oxygen atoms in total. The lowest BCUT2D eigenvalue weighted by Crippen LogP contribution is -2.43. The van der Waals surface area contributed by atoms with Crippen LogP contribution in [0.25, 0.3) is 0 Å². The molecule has 3 rings (SSSR count). The molecule has 0 aliphatic carbocycles. The summed E-state index contributed by atoms with van der Waals surface area (Å²) in [5.74, 6) is -0.134. The Balaban J connectivity index is 1.54. The van der Waals surface area contributed by atoms with E-state index in [1.165, 1.54) is 12.1 Å². The van der Waals surface area contributed by atoms with Gasteiger partial charge in [-0.25, -0.2) is 0 Å². The van der Waals surface area contributed by atoms with Crippen molar-refractivity contribution in [3.8, 4) is 0 Å². The molecule has 8 heteroatoms. The number of carbonyl (C=O) groups is 1. The van der Waals surface area contributed by atoms with Gasteiger partial charge in [-0.1, -0.05) is 41.9 Å². The molecule has 148 valence electrons. The number of aliphatic hydroxyl groups excluding tert-OH is 1. The normalized spacial score (nSPS) is 19.5. The van der Waals surface area contributed by atoms with E-state index in [0.29, 0.717) is 37.5 Å². The van der Waals surface area contributed by atoms with Crippen LogP contribution in [0.1, 0.15) is 17.5 Å². The van der Waals surface area contributed by atoms with Crippen LogP contribution in [-0.4, -0.2) is 46.1 Å². The van der Waals surface area contributed by atoms with E-state index in [0.717, 1.165) is 11.1 Å². The second-order valence-corrected chi connectivity index (χ2v) is 7.30. The number of rotatable bonds is 7. The minimum atomic E-state index is -0.548. The van der Waals surface area contributed by atoms with Gasteiger partial charge in [-0.15, -0.1) is 0 Å². The summed E-state index contributed by atoms with van der Waals surface area (Å²) in [6.07, 6.45) is 0.407. The van der Waals surface area contributed by atoms with Crippen LogP contribution >= 0.6 is 11.6 Å². The number of hydrogen-bond acceptors (Lipinski definition) is 5. The van der Waals surface area contributed by atoms with Gasteiger partial charge in [-0.3, -0.25) is 19.8 Å². The molecule has 1 aliphatic heterocycles. The van der Waals surface area contributed by atoms with Gasteiger partial charge in [0.15, 0.2) is 0 Å². The molecule has 0 saturated carbocycles. The first-order valence-electron chi connectivity index (χ1n) is 9.10. The second kappa shape index (κ2) is 9.14. The maximum absolute atomic E-state index is 12.6. The molecule has 0 unspecified atom stereocenters. The summed E-state index contributed by atoms with van der Waals surface area (Å²) in [6.45, 7) is 1.34. The molecule has 1 aliphatic rings. The standard InChI is InChI=1S/C20H22ClN3O4/c21-18-4-2-1-3-15(18)12-23-13-17(25)11-19(23)20(26)22-10-9-14-5-7-16(8-6-14)24(27)28/h1-8,17,19,25H,9-13H2,(H,22,26)/t17-,19+/m1/s1. The highest BCUT2D eigenvalue weighted by molar-refractivity contribution is 6.31. The SMILES string of the molecule is O=C(NCCc1ccc([N+](=O)[O-])cc1)[C@@H]1C[C@@H](O)CN1Cc1ccccc1Cl. The van der Waals surface area contributed by atoms with Crippen LogP contribution in [0.3, 0.4) is 0 Å². The number of nitrogens with zero attached hydrogens (tertiary/aromatic N) is 2. The fourth-order valence-corrected chi connectivity index (χ4v) is 3.60. The average Bonchev–Trinajstić information content (AvgIpc) is 3.04. The molecule has 0 bridgehead atoms. The Labute approximate surface area is 168 Å². The van der Waals surface area contributed by atoms with Crippen LogP contribution in [0.2, 0.25) is 5.02 Å². The number of hydrogen-bond donors (Lipinski definition) is 2. The Hall–Kier alpha value is -2.48. The molecular formula is C20H22ClN3O4. The first kappa shape index (κ1) is 20.3. The predicted molar refractivity (Wildman–Crippen MR) is 106 cm³/mol. The molecule has 0 spiro atoms. The average molecular weight is 404 g/mol. The number of nitro groups is 1. The van der Waals surface area contributed by atoms with Gasteiger partial charge in [0.05, 0.1) is 17.1 Å². The molecule has 2 aromatic carbocycles. The molecule has 1 heterocycles. The van der Waals surface area contributed by atoms with Crippen LogP contribution in [0.4, 0.5) is 5.69 Å². The molecule has 2 atom stereocenters. The Morgan fingerprint density at radius 1 is 1.25 bits per heavy atom. The van der Waals surface area contributed by atoms with Gasteiger partial charge >= 0.3 is 0 Å². The Morgan fingerprint density at radius 2 is 1.96 bits per heavy atom. The summed E-state index contributed by atoms with van der Waals surface area (Å²) < 4.78 is 0. The number of benzene rings is 2. The number of aliphatic hydroxyl groups is 1. The molecule has 2 N–H and O–H groups in total. The number of non-ortho nitro benzene ring substituents is 1. The van der Waals surface area contributed by atoms with Gasteiger partial charge in [-0.2, -0.15) is 0 Å². The topological polar surface area (TPSA) is 95.7 Å². The van der Waals surface area contributed by atoms with E-state index in [-0.39, 0.29) is 11.6 Å². The first-order chi connectivity index (χ1) is 13.4. The summed E-state index contributed by atoms with van der Waals surface area (Å²) >= 11 is 6.22. The summed E-state index contributed by atoms with van der Waals surface area (Å²) in [5.41, 5.74) is 1.87. The van der Waals surface area contributed by atoms with E-state index in [1.807, 2.05) is 29.2 Å². The third-order valence-electron chi connectivity index (χ3n) is 4.88. The van der Waals surface area contributed by atoms with Crippen molar-refractivity contribution < 1.29 is 14.8 Å². The number of nitrogens with one attached hydrogen (secondary N) is 1. The number of nitro benzene ring substituents is 1. The zero-order valence-corrected chi connectivity index (χ0v) is 16.0. The van der Waals surface area contributed by atoms with Crippen molar-refractivity contribution in [1.82, 2.24) is 10.2 Å². The van der Waals surface area contributed by atoms with Crippen LogP contribution in [0.15, 0.2) is 48.5 Å². The summed E-state index contributed by atoms with van der Waals surface area (Å²) in [5, 5.41) is 24.3. The number of likely N-dealkylation sites (tertiary alicyclic amines) is 1. The molecule has 1 saturated heterocycles. The third kappa shape index (κ3) is 5.07. The van der Waals surface area contributed by atoms with Crippen molar-refractivity contribution >= 4 is 23.2 Å². The zero-order valence-electron chi connectivity index (χ0n) is 15.3. The van der Waals surface area contributed by atoms with Crippen LogP contribution in [-0.2, 0) is 17.8 Å². The largest absolute Gasteiger partial charge is 0.392 e. The summed E-state index contributed by atoms with van der Waals surface area (Å²) in [7, 11) is 0. The van der Waals surface area contributed by atoms with E-state index < -0.39 is 17.1 Å². The zero-order chi connectivity index (χ0) is 20.1. The summed E-state index contributed by atoms with van der Waals surface area (Å²) in [4.78, 5) is 24.8. The van der Waals surface area contributed by atoms with E-state index in [1.54, 1.807) is 12.1 Å². The van der Waals surface area contributed by atoms with Crippen LogP contribution in [0, 0.1) is 10.1 Å². The highest BCUT2D eigenvalue weighted by Gasteiger charge is 2.35. The van der Waals surface area contributed by atoms with E-state index in [9.17, 15) is 20.0 Å². The fraction of sp³-hybridized carbons (Fsp3) is 0.350. The molecule has 1 fully saturated rings. The Kier molecular flexibility index (Phi) is 6.61. The predicted octanol–water partition coefficient (Wildman–Crippen LogP) is 2.54. The lowest BCUT2D eigenvalue weighted by Gasteiger charge is -2.23. The third-order valence-corrected chi connectivity index (χ3v) is 5.24. The van der Waals surface area contributed by atoms with Crippen LogP contribution in [0.5, 0.6) is 0 Å². The maximum atomic E-state index is 12.6. The minimum absolute atomic E-state index is 0.0444. The number of halogens is 1. The van der Waals surface area contributed by atoms with Gasteiger partial charge in [-0.05, 0) is 30.0 Å². The highest BCUT2D eigenvalue weighted by Crippen LogP contribution is 2.24. The fourth-order valence-electron chi connectivity index (χ4n) is 3.40. The van der Waals surface area contributed by atoms with Crippen molar-refractivity contribution in [1.29, 1.82) is 0 Å². The molecule has 2 aromatic rings. The number of amides is 1. The second-order valence-electron chi connectivity index (χ2n) is 6.89. The summed E-state index contributed by atoms with van der Waals surface area (Å²) in [6, 6.07) is 13.3. The van der Waals surface area contributed by atoms with Crippen molar-refractivity contribution in [3.05, 3.63) is 74.8 Å². The lowest BCUT2D eigenvalue weighted by atomic mass is 10.1. The van der Waals surface area contributed by atoms with E-state index in [4.69, 9.17) is 11.6 Å². The molecule has 28 heavy (non-hydrogen) atoms. The first-order valence-corrected chi connectivity index (χ1v) is 9.48. The van der Waals surface area contributed by atoms with Crippen molar-refractivity contribution in [2.45, 2.75) is 31.5 Å². The van der Waals surface area contributed by atoms with E-state index >= 15 is 0 Å². The number of β-amino-alcohol motifs (C(OH)–C–C–N with tert-alkyl or cyclic N) is 1. The Bertz CT molecular complexity index is 844. The smallest absolute Gasteiger partial charge is 0.269 e. The Morgan fingerprint density at radius 3 is 2.64 bits per heavy atom. The van der Waals surface area contributed by atoms with Crippen molar-refractivity contribution in [2.75, 3.05) is 13.1 Å². The number of carbonyl (C=O) groups excluding carboxylic acids is 1. The van der Waals surface area contributed by atoms with Crippen LogP contribution < -0.4 is 5.32 Å². The van der Waals surface area contributed by atoms with Gasteiger partial charge in [0.1, 0.15) is 0 Å². The van der Waals surface area contributed by atoms with Gasteiger partial charge < -0.3 is 10.4 Å². The highest BCUT2D eigenvalue weighted by atomic mass is 35.5. The molecular weight excluding hydrogens is 382 g/mol. The van der Waals surface area contributed by atoms with Crippen molar-refractivity contribution in [2.24, 2.45) is 0 Å². The van der Waals surface area contributed by atoms with Gasteiger partial charge in [0.2, 0.25) is 5.91 Å². The molecule has 1 amide bonds. The van der Waals surface area contributed by atoms with E-state index in [2.05, 4.69) is 5.32 Å². The van der Waals surface area contributed by atoms with Gasteiger partial charge in [0.25, 0.3) is 5.69 Å². The maximum Gasteiger partial charge on any atom is 0.269 e. The monoisotopic (exact) mass is 403 g/mol. The van der Waals surface area contributed by atoms with Gasteiger partial charge in [0, 0.05) is 36.8 Å².